The van der Waals surface area contributed by atoms with Crippen LogP contribution in [0.2, 0.25) is 0 Å². The summed E-state index contributed by atoms with van der Waals surface area (Å²) in [4.78, 5) is 53.4. The summed E-state index contributed by atoms with van der Waals surface area (Å²) in [7, 11) is 0. The number of rotatable bonds is 4. The van der Waals surface area contributed by atoms with Crippen molar-refractivity contribution in [2.24, 2.45) is 11.8 Å². The van der Waals surface area contributed by atoms with E-state index in [1.165, 1.54) is 9.58 Å². The van der Waals surface area contributed by atoms with E-state index in [-0.39, 0.29) is 48.4 Å². The Morgan fingerprint density at radius 1 is 1.17 bits per heavy atom. The summed E-state index contributed by atoms with van der Waals surface area (Å²) >= 11 is 0. The summed E-state index contributed by atoms with van der Waals surface area (Å²) in [6.07, 6.45) is 5.01. The smallest absolute Gasteiger partial charge is 0.276 e. The number of benzene rings is 1. The van der Waals surface area contributed by atoms with Gasteiger partial charge in [-0.15, -0.1) is 5.10 Å². The summed E-state index contributed by atoms with van der Waals surface area (Å²) in [6.45, 7) is 1.05. The second kappa shape index (κ2) is 8.26. The molecule has 35 heavy (non-hydrogen) atoms. The van der Waals surface area contributed by atoms with Crippen LogP contribution >= 0.6 is 0 Å². The monoisotopic (exact) mass is 478 g/mol. The lowest BCUT2D eigenvalue weighted by atomic mass is 9.73. The van der Waals surface area contributed by atoms with Gasteiger partial charge in [0.25, 0.3) is 11.8 Å². The lowest BCUT2D eigenvalue weighted by Crippen LogP contribution is -2.56. The van der Waals surface area contributed by atoms with Gasteiger partial charge < -0.3 is 14.9 Å². The number of carbonyl (C=O) groups excluding carboxylic acids is 4. The van der Waals surface area contributed by atoms with Crippen molar-refractivity contribution in [2.45, 2.75) is 50.7 Å². The van der Waals surface area contributed by atoms with E-state index >= 15 is 0 Å². The zero-order chi connectivity index (χ0) is 24.3. The maximum atomic E-state index is 13.2. The summed E-state index contributed by atoms with van der Waals surface area (Å²) in [6, 6.07) is 4.66. The van der Waals surface area contributed by atoms with Crippen molar-refractivity contribution in [3.05, 3.63) is 41.2 Å². The van der Waals surface area contributed by atoms with Crippen molar-refractivity contribution >= 4 is 23.6 Å². The average molecular weight is 479 g/mol. The molecule has 2 N–H and O–H groups in total. The molecule has 4 amide bonds. The van der Waals surface area contributed by atoms with E-state index in [4.69, 9.17) is 0 Å². The highest BCUT2D eigenvalue weighted by Crippen LogP contribution is 2.39. The molecule has 11 nitrogen and oxygen atoms in total. The molecule has 3 saturated heterocycles. The number of aliphatic hydroxyl groups excluding tert-OH is 1. The van der Waals surface area contributed by atoms with Crippen molar-refractivity contribution in [1.29, 1.82) is 0 Å². The van der Waals surface area contributed by atoms with Crippen LogP contribution in [0.1, 0.15) is 58.5 Å². The van der Waals surface area contributed by atoms with E-state index in [0.29, 0.717) is 36.7 Å². The van der Waals surface area contributed by atoms with E-state index < -0.39 is 11.9 Å². The molecule has 4 atom stereocenters. The molecule has 0 spiro atoms. The van der Waals surface area contributed by atoms with Crippen LogP contribution in [0.3, 0.4) is 0 Å². The van der Waals surface area contributed by atoms with Gasteiger partial charge in [-0.2, -0.15) is 0 Å². The average Bonchev–Trinajstić information content (AvgIpc) is 3.49. The quantitative estimate of drug-likeness (QED) is 0.601. The van der Waals surface area contributed by atoms with Crippen LogP contribution in [-0.4, -0.2) is 78.8 Å². The molecule has 4 fully saturated rings. The van der Waals surface area contributed by atoms with Gasteiger partial charge in [-0.1, -0.05) is 11.3 Å². The molecule has 11 heteroatoms. The number of hydrogen-bond donors (Lipinski definition) is 2. The Hall–Kier alpha value is -3.60. The normalized spacial score (nSPS) is 27.9. The van der Waals surface area contributed by atoms with E-state index in [1.807, 2.05) is 11.0 Å². The lowest BCUT2D eigenvalue weighted by Gasteiger charge is -2.49. The first-order valence-electron chi connectivity index (χ1n) is 12.0. The molecule has 1 aromatic carbocycles. The Bertz CT molecular complexity index is 1240. The highest BCUT2D eigenvalue weighted by Gasteiger charge is 2.43. The predicted octanol–water partition coefficient (Wildman–Crippen LogP) is 0.261. The highest BCUT2D eigenvalue weighted by molar-refractivity contribution is 6.05. The van der Waals surface area contributed by atoms with Crippen LogP contribution in [0.4, 0.5) is 0 Å². The van der Waals surface area contributed by atoms with Crippen molar-refractivity contribution < 1.29 is 24.3 Å². The third-order valence-corrected chi connectivity index (χ3v) is 7.89. The standard InChI is InChI=1S/C24H26N6O5/c31-12-15-7-13-1-4-19(15)28(9-13)24(35)18-11-30(27-26-18)16-3-2-14-10-29(23(34)17(14)8-16)20-5-6-21(32)25-22(20)33/h2-3,8,11,13,15,19-20,31H,1,4-7,9-10,12H2,(H,25,32,33). The number of hydrogen-bond acceptors (Lipinski definition) is 7. The Labute approximate surface area is 201 Å². The molecule has 5 aliphatic rings. The number of nitrogens with zero attached hydrogens (tertiary/aromatic N) is 5. The predicted molar refractivity (Wildman–Crippen MR) is 120 cm³/mol. The molecule has 5 heterocycles. The minimum absolute atomic E-state index is 0.0264. The molecule has 182 valence electrons. The third-order valence-electron chi connectivity index (χ3n) is 7.89. The van der Waals surface area contributed by atoms with Gasteiger partial charge in [0.05, 0.1) is 11.9 Å². The van der Waals surface area contributed by atoms with Gasteiger partial charge in [-0.05, 0) is 49.3 Å². The fourth-order valence-corrected chi connectivity index (χ4v) is 6.09. The van der Waals surface area contributed by atoms with Crippen LogP contribution in [0.15, 0.2) is 24.4 Å². The number of aromatic nitrogens is 3. The Morgan fingerprint density at radius 2 is 2.03 bits per heavy atom. The molecule has 1 aliphatic carbocycles. The molecule has 2 aromatic rings. The third kappa shape index (κ3) is 3.61. The van der Waals surface area contributed by atoms with Gasteiger partial charge >= 0.3 is 0 Å². The van der Waals surface area contributed by atoms with Gasteiger partial charge in [-0.25, -0.2) is 4.68 Å². The van der Waals surface area contributed by atoms with Gasteiger partial charge in [0.1, 0.15) is 6.04 Å². The number of carbonyl (C=O) groups is 4. The van der Waals surface area contributed by atoms with Crippen molar-refractivity contribution in [3.63, 3.8) is 0 Å². The van der Waals surface area contributed by atoms with Gasteiger partial charge in [-0.3, -0.25) is 24.5 Å². The summed E-state index contributed by atoms with van der Waals surface area (Å²) in [5.74, 6) is -0.712. The van der Waals surface area contributed by atoms with Crippen LogP contribution in [0.25, 0.3) is 5.69 Å². The molecule has 1 saturated carbocycles. The number of imide groups is 1. The molecule has 7 rings (SSSR count). The summed E-state index contributed by atoms with van der Waals surface area (Å²) in [5, 5.41) is 20.3. The van der Waals surface area contributed by atoms with Crippen LogP contribution in [-0.2, 0) is 16.1 Å². The van der Waals surface area contributed by atoms with Gasteiger partial charge in [0, 0.05) is 43.6 Å². The fourth-order valence-electron chi connectivity index (χ4n) is 6.09. The summed E-state index contributed by atoms with van der Waals surface area (Å²) in [5.41, 5.74) is 2.07. The van der Waals surface area contributed by atoms with Crippen LogP contribution in [0, 0.1) is 11.8 Å². The number of aliphatic hydroxyl groups is 1. The maximum Gasteiger partial charge on any atom is 0.276 e. The maximum absolute atomic E-state index is 13.2. The first-order valence-corrected chi connectivity index (χ1v) is 12.0. The first kappa shape index (κ1) is 21.9. The van der Waals surface area contributed by atoms with Crippen molar-refractivity contribution in [3.8, 4) is 5.69 Å². The van der Waals surface area contributed by atoms with Gasteiger partial charge in [0.15, 0.2) is 5.69 Å². The Kier molecular flexibility index (Phi) is 5.17. The van der Waals surface area contributed by atoms with Crippen molar-refractivity contribution in [1.82, 2.24) is 30.1 Å². The molecule has 4 unspecified atom stereocenters. The SMILES string of the molecule is O=C1CCC(N2Cc3ccc(-n4cc(C(=O)N5CC6CCC5C(CO)C6)nn4)cc3C2=O)C(=O)N1. The first-order chi connectivity index (χ1) is 16.9. The number of piperidine rings is 3. The summed E-state index contributed by atoms with van der Waals surface area (Å²) < 4.78 is 1.47. The second-order valence-corrected chi connectivity index (χ2v) is 9.94. The Morgan fingerprint density at radius 3 is 2.80 bits per heavy atom. The van der Waals surface area contributed by atoms with Crippen molar-refractivity contribution in [2.75, 3.05) is 13.2 Å². The fraction of sp³-hybridized carbons (Fsp3) is 0.500. The lowest BCUT2D eigenvalue weighted by molar-refractivity contribution is -0.136. The molecular formula is C24H26N6O5. The molecule has 0 radical (unpaired) electrons. The number of nitrogens with one attached hydrogen (secondary N) is 1. The largest absolute Gasteiger partial charge is 0.396 e. The van der Waals surface area contributed by atoms with E-state index in [1.54, 1.807) is 18.3 Å². The minimum Gasteiger partial charge on any atom is -0.396 e. The topological polar surface area (TPSA) is 138 Å². The van der Waals surface area contributed by atoms with Gasteiger partial charge in [0.2, 0.25) is 11.8 Å². The Balaban J connectivity index is 1.21. The molecule has 2 bridgehead atoms. The van der Waals surface area contributed by atoms with Crippen LogP contribution in [0.5, 0.6) is 0 Å². The van der Waals surface area contributed by atoms with E-state index in [0.717, 1.165) is 24.8 Å². The second-order valence-electron chi connectivity index (χ2n) is 9.94. The highest BCUT2D eigenvalue weighted by atomic mass is 16.3. The zero-order valence-corrected chi connectivity index (χ0v) is 19.1. The molecular weight excluding hydrogens is 452 g/mol. The van der Waals surface area contributed by atoms with E-state index in [2.05, 4.69) is 15.6 Å². The van der Waals surface area contributed by atoms with Crippen LogP contribution < -0.4 is 5.32 Å². The number of amides is 4. The minimum atomic E-state index is -0.672. The van der Waals surface area contributed by atoms with E-state index in [9.17, 15) is 24.3 Å². The molecule has 4 aliphatic heterocycles. The zero-order valence-electron chi connectivity index (χ0n) is 19.1. The molecule has 1 aromatic heterocycles. The number of fused-ring (bicyclic) bond motifs is 4.